The number of rotatable bonds is 5. The predicted molar refractivity (Wildman–Crippen MR) is 48.6 cm³/mol. The topological polar surface area (TPSA) is 58.6 Å². The normalized spacial score (nSPS) is 21.7. The van der Waals surface area contributed by atoms with Gasteiger partial charge in [-0.2, -0.15) is 0 Å². The quantitative estimate of drug-likeness (QED) is 0.603. The van der Waals surface area contributed by atoms with E-state index in [1.807, 2.05) is 0 Å². The number of carboxylic acids is 1. The second-order valence-corrected chi connectivity index (χ2v) is 3.27. The molecule has 0 aromatic rings. The van der Waals surface area contributed by atoms with E-state index in [0.29, 0.717) is 12.5 Å². The van der Waals surface area contributed by atoms with E-state index in [0.717, 1.165) is 26.2 Å². The van der Waals surface area contributed by atoms with E-state index >= 15 is 0 Å². The van der Waals surface area contributed by atoms with Crippen LogP contribution in [0.2, 0.25) is 0 Å². The monoisotopic (exact) mass is 185 g/mol. The van der Waals surface area contributed by atoms with Gasteiger partial charge in [-0.05, 0) is 12.3 Å². The summed E-state index contributed by atoms with van der Waals surface area (Å²) in [7, 11) is 0. The van der Waals surface area contributed by atoms with Gasteiger partial charge >= 0.3 is 5.97 Å². The molecule has 0 spiro atoms. The molecular formula is C9H15NO3. The molecule has 0 radical (unpaired) electrons. The van der Waals surface area contributed by atoms with Gasteiger partial charge in [-0.15, -0.1) is 0 Å². The van der Waals surface area contributed by atoms with Crippen molar-refractivity contribution in [2.75, 3.05) is 26.3 Å². The van der Waals surface area contributed by atoms with Gasteiger partial charge in [0, 0.05) is 25.3 Å². The third-order valence-corrected chi connectivity index (χ3v) is 2.10. The minimum atomic E-state index is -0.935. The highest BCUT2D eigenvalue weighted by Gasteiger charge is 2.15. The maximum absolute atomic E-state index is 10.4. The first kappa shape index (κ1) is 10.2. The number of nitrogens with one attached hydrogen (secondary N) is 1. The molecule has 1 aliphatic rings. The smallest absolute Gasteiger partial charge is 0.332 e. The molecule has 1 atom stereocenters. The standard InChI is InChI=1S/C9H15NO3/c1-7(9(11)12)4-10-5-8-2-3-13-6-8/h8,10H,1-6H2,(H,11,12). The number of aliphatic carboxylic acids is 1. The molecule has 0 amide bonds. The van der Waals surface area contributed by atoms with Crippen LogP contribution in [0.15, 0.2) is 12.2 Å². The second-order valence-electron chi connectivity index (χ2n) is 3.27. The molecule has 13 heavy (non-hydrogen) atoms. The van der Waals surface area contributed by atoms with E-state index in [1.165, 1.54) is 0 Å². The van der Waals surface area contributed by atoms with Crippen molar-refractivity contribution >= 4 is 5.97 Å². The molecule has 0 aromatic carbocycles. The average Bonchev–Trinajstić information content (AvgIpc) is 2.56. The zero-order valence-corrected chi connectivity index (χ0v) is 7.58. The fourth-order valence-corrected chi connectivity index (χ4v) is 1.25. The Bertz CT molecular complexity index is 197. The van der Waals surface area contributed by atoms with E-state index in [1.54, 1.807) is 0 Å². The Hall–Kier alpha value is -0.870. The largest absolute Gasteiger partial charge is 0.478 e. The first-order chi connectivity index (χ1) is 6.20. The number of hydrogen-bond acceptors (Lipinski definition) is 3. The van der Waals surface area contributed by atoms with E-state index < -0.39 is 5.97 Å². The number of ether oxygens (including phenoxy) is 1. The Morgan fingerprint density at radius 3 is 3.00 bits per heavy atom. The van der Waals surface area contributed by atoms with Crippen molar-refractivity contribution in [2.24, 2.45) is 5.92 Å². The van der Waals surface area contributed by atoms with Crippen molar-refractivity contribution in [2.45, 2.75) is 6.42 Å². The van der Waals surface area contributed by atoms with Crippen molar-refractivity contribution in [1.29, 1.82) is 0 Å². The summed E-state index contributed by atoms with van der Waals surface area (Å²) in [4.78, 5) is 10.4. The number of carbonyl (C=O) groups is 1. The van der Waals surface area contributed by atoms with E-state index in [-0.39, 0.29) is 5.57 Å². The molecule has 4 nitrogen and oxygen atoms in total. The van der Waals surface area contributed by atoms with Crippen molar-refractivity contribution < 1.29 is 14.6 Å². The summed E-state index contributed by atoms with van der Waals surface area (Å²) in [5, 5.41) is 11.6. The van der Waals surface area contributed by atoms with Gasteiger partial charge in [0.25, 0.3) is 0 Å². The van der Waals surface area contributed by atoms with Crippen LogP contribution in [0.3, 0.4) is 0 Å². The molecule has 1 rings (SSSR count). The van der Waals surface area contributed by atoms with Gasteiger partial charge in [0.15, 0.2) is 0 Å². The first-order valence-corrected chi connectivity index (χ1v) is 4.39. The fraction of sp³-hybridized carbons (Fsp3) is 0.667. The Morgan fingerprint density at radius 1 is 1.69 bits per heavy atom. The first-order valence-electron chi connectivity index (χ1n) is 4.39. The lowest BCUT2D eigenvalue weighted by molar-refractivity contribution is -0.132. The SMILES string of the molecule is C=C(CNCC1CCOC1)C(=O)O. The van der Waals surface area contributed by atoms with Crippen molar-refractivity contribution in [3.8, 4) is 0 Å². The summed E-state index contributed by atoms with van der Waals surface area (Å²) in [5.74, 6) is -0.406. The van der Waals surface area contributed by atoms with Crippen LogP contribution >= 0.6 is 0 Å². The molecule has 2 N–H and O–H groups in total. The van der Waals surface area contributed by atoms with Crippen molar-refractivity contribution in [3.63, 3.8) is 0 Å². The summed E-state index contributed by atoms with van der Waals surface area (Å²) in [6.07, 6.45) is 1.06. The molecule has 4 heteroatoms. The van der Waals surface area contributed by atoms with Gasteiger partial charge in [-0.3, -0.25) is 0 Å². The summed E-state index contributed by atoms with van der Waals surface area (Å²) in [6, 6.07) is 0. The van der Waals surface area contributed by atoms with Crippen LogP contribution in [0.25, 0.3) is 0 Å². The molecule has 74 valence electrons. The van der Waals surface area contributed by atoms with E-state index in [9.17, 15) is 4.79 Å². The van der Waals surface area contributed by atoms with Crippen LogP contribution in [0, 0.1) is 5.92 Å². The molecular weight excluding hydrogens is 170 g/mol. The van der Waals surface area contributed by atoms with Gasteiger partial charge in [0.1, 0.15) is 0 Å². The lowest BCUT2D eigenvalue weighted by Gasteiger charge is -2.08. The fourth-order valence-electron chi connectivity index (χ4n) is 1.25. The molecule has 0 aromatic heterocycles. The lowest BCUT2D eigenvalue weighted by atomic mass is 10.1. The molecule has 1 fully saturated rings. The lowest BCUT2D eigenvalue weighted by Crippen LogP contribution is -2.26. The van der Waals surface area contributed by atoms with Gasteiger partial charge in [0.2, 0.25) is 0 Å². The van der Waals surface area contributed by atoms with Crippen LogP contribution in [0.1, 0.15) is 6.42 Å². The number of hydrogen-bond donors (Lipinski definition) is 2. The van der Waals surface area contributed by atoms with Gasteiger partial charge in [0.05, 0.1) is 6.61 Å². The molecule has 0 aliphatic carbocycles. The highest BCUT2D eigenvalue weighted by Crippen LogP contribution is 2.10. The minimum Gasteiger partial charge on any atom is -0.478 e. The molecule has 1 saturated heterocycles. The zero-order valence-electron chi connectivity index (χ0n) is 7.58. The van der Waals surface area contributed by atoms with E-state index in [2.05, 4.69) is 11.9 Å². The van der Waals surface area contributed by atoms with E-state index in [4.69, 9.17) is 9.84 Å². The maximum Gasteiger partial charge on any atom is 0.332 e. The second kappa shape index (κ2) is 4.99. The highest BCUT2D eigenvalue weighted by molar-refractivity contribution is 5.86. The zero-order chi connectivity index (χ0) is 9.68. The maximum atomic E-state index is 10.4. The van der Waals surface area contributed by atoms with Crippen LogP contribution in [-0.2, 0) is 9.53 Å². The predicted octanol–water partition coefficient (Wildman–Crippen LogP) is 0.253. The average molecular weight is 185 g/mol. The van der Waals surface area contributed by atoms with Crippen LogP contribution < -0.4 is 5.32 Å². The molecule has 1 unspecified atom stereocenters. The Balaban J connectivity index is 2.06. The molecule has 1 heterocycles. The van der Waals surface area contributed by atoms with Gasteiger partial charge in [-0.1, -0.05) is 6.58 Å². The Kier molecular flexibility index (Phi) is 3.92. The van der Waals surface area contributed by atoms with Crippen molar-refractivity contribution in [3.05, 3.63) is 12.2 Å². The summed E-state index contributed by atoms with van der Waals surface area (Å²) >= 11 is 0. The Labute approximate surface area is 77.6 Å². The Morgan fingerprint density at radius 2 is 2.46 bits per heavy atom. The van der Waals surface area contributed by atoms with Crippen LogP contribution in [-0.4, -0.2) is 37.4 Å². The van der Waals surface area contributed by atoms with Gasteiger partial charge in [-0.25, -0.2) is 4.79 Å². The highest BCUT2D eigenvalue weighted by atomic mass is 16.5. The van der Waals surface area contributed by atoms with Gasteiger partial charge < -0.3 is 15.2 Å². The number of carboxylic acid groups (broad SMARTS) is 1. The van der Waals surface area contributed by atoms with Crippen LogP contribution in [0.5, 0.6) is 0 Å². The molecule has 1 aliphatic heterocycles. The summed E-state index contributed by atoms with van der Waals surface area (Å²) in [5.41, 5.74) is 0.207. The third-order valence-electron chi connectivity index (χ3n) is 2.10. The summed E-state index contributed by atoms with van der Waals surface area (Å²) < 4.78 is 5.18. The molecule has 0 saturated carbocycles. The van der Waals surface area contributed by atoms with Crippen LogP contribution in [0.4, 0.5) is 0 Å². The minimum absolute atomic E-state index is 0.207. The third kappa shape index (κ3) is 3.57. The van der Waals surface area contributed by atoms with Crippen molar-refractivity contribution in [1.82, 2.24) is 5.32 Å². The molecule has 0 bridgehead atoms. The summed E-state index contributed by atoms with van der Waals surface area (Å²) in [6.45, 7) is 6.20.